The van der Waals surface area contributed by atoms with Crippen molar-refractivity contribution in [3.05, 3.63) is 29.8 Å². The largest absolute Gasteiger partial charge is 0.396 e. The monoisotopic (exact) mass is 296 g/mol. The number of hydrogen-bond acceptors (Lipinski definition) is 4. The lowest BCUT2D eigenvalue weighted by Gasteiger charge is -2.21. The molecule has 0 spiro atoms. The Kier molecular flexibility index (Phi) is 6.14. The minimum atomic E-state index is -3.60. The molecule has 0 fully saturated rings. The SMILES string of the molecule is CC(C)C(CCO)NS(=O)(=O)c1ccc(CC#N)cc1. The van der Waals surface area contributed by atoms with E-state index >= 15 is 0 Å². The van der Waals surface area contributed by atoms with Gasteiger partial charge in [-0.25, -0.2) is 13.1 Å². The zero-order chi connectivity index (χ0) is 15.2. The minimum absolute atomic E-state index is 0.0630. The molecule has 0 heterocycles. The van der Waals surface area contributed by atoms with Crippen molar-refractivity contribution in [1.82, 2.24) is 4.72 Å². The summed E-state index contributed by atoms with van der Waals surface area (Å²) in [6.45, 7) is 3.74. The molecule has 0 amide bonds. The van der Waals surface area contributed by atoms with Crippen LogP contribution in [0.1, 0.15) is 25.8 Å². The van der Waals surface area contributed by atoms with E-state index in [1.165, 1.54) is 12.1 Å². The lowest BCUT2D eigenvalue weighted by Crippen LogP contribution is -2.39. The maximum atomic E-state index is 12.2. The van der Waals surface area contributed by atoms with E-state index < -0.39 is 10.0 Å². The summed E-state index contributed by atoms with van der Waals surface area (Å²) in [6, 6.07) is 7.96. The van der Waals surface area contributed by atoms with Crippen molar-refractivity contribution in [2.24, 2.45) is 5.92 Å². The van der Waals surface area contributed by atoms with Gasteiger partial charge < -0.3 is 5.11 Å². The molecule has 1 aromatic rings. The number of aliphatic hydroxyl groups excluding tert-OH is 1. The van der Waals surface area contributed by atoms with Crippen LogP contribution in [-0.2, 0) is 16.4 Å². The Morgan fingerprint density at radius 3 is 2.35 bits per heavy atom. The third kappa shape index (κ3) is 4.60. The van der Waals surface area contributed by atoms with E-state index in [9.17, 15) is 8.42 Å². The summed E-state index contributed by atoms with van der Waals surface area (Å²) < 4.78 is 27.1. The topological polar surface area (TPSA) is 90.2 Å². The number of sulfonamides is 1. The average molecular weight is 296 g/mol. The van der Waals surface area contributed by atoms with Crippen molar-refractivity contribution in [1.29, 1.82) is 5.26 Å². The molecule has 5 nitrogen and oxygen atoms in total. The molecule has 0 aliphatic rings. The number of benzene rings is 1. The first kappa shape index (κ1) is 16.6. The van der Waals surface area contributed by atoms with Crippen molar-refractivity contribution in [3.8, 4) is 6.07 Å². The summed E-state index contributed by atoms with van der Waals surface area (Å²) >= 11 is 0. The Hall–Kier alpha value is -1.42. The molecule has 1 aromatic carbocycles. The fourth-order valence-electron chi connectivity index (χ4n) is 1.81. The van der Waals surface area contributed by atoms with E-state index in [-0.39, 0.29) is 29.9 Å². The van der Waals surface area contributed by atoms with Gasteiger partial charge in [-0.05, 0) is 30.0 Å². The zero-order valence-electron chi connectivity index (χ0n) is 11.7. The molecule has 0 radical (unpaired) electrons. The fraction of sp³-hybridized carbons (Fsp3) is 0.500. The smallest absolute Gasteiger partial charge is 0.240 e. The van der Waals surface area contributed by atoms with Crippen LogP contribution in [0.3, 0.4) is 0 Å². The number of hydrogen-bond donors (Lipinski definition) is 2. The molecule has 0 aliphatic heterocycles. The lowest BCUT2D eigenvalue weighted by molar-refractivity contribution is 0.256. The van der Waals surface area contributed by atoms with Gasteiger partial charge in [-0.3, -0.25) is 0 Å². The minimum Gasteiger partial charge on any atom is -0.396 e. The Labute approximate surface area is 120 Å². The molecule has 110 valence electrons. The first-order valence-corrected chi connectivity index (χ1v) is 7.98. The molecule has 0 saturated heterocycles. The van der Waals surface area contributed by atoms with Gasteiger partial charge in [0.1, 0.15) is 0 Å². The first-order chi connectivity index (χ1) is 9.40. The van der Waals surface area contributed by atoms with Crippen molar-refractivity contribution in [2.75, 3.05) is 6.61 Å². The molecular weight excluding hydrogens is 276 g/mol. The molecule has 0 aliphatic carbocycles. The molecule has 0 bridgehead atoms. The summed E-state index contributed by atoms with van der Waals surface area (Å²) in [6.07, 6.45) is 0.635. The van der Waals surface area contributed by atoms with Gasteiger partial charge in [-0.2, -0.15) is 5.26 Å². The molecule has 0 saturated carbocycles. The number of nitrogens with one attached hydrogen (secondary N) is 1. The van der Waals surface area contributed by atoms with Crippen molar-refractivity contribution < 1.29 is 13.5 Å². The maximum absolute atomic E-state index is 12.2. The van der Waals surface area contributed by atoms with E-state index in [1.54, 1.807) is 12.1 Å². The summed E-state index contributed by atoms with van der Waals surface area (Å²) in [5.74, 6) is 0.0924. The van der Waals surface area contributed by atoms with E-state index in [4.69, 9.17) is 10.4 Å². The molecule has 1 unspecified atom stereocenters. The van der Waals surface area contributed by atoms with Crippen LogP contribution in [0.25, 0.3) is 0 Å². The van der Waals surface area contributed by atoms with Crippen molar-refractivity contribution >= 4 is 10.0 Å². The van der Waals surface area contributed by atoms with Crippen molar-refractivity contribution in [3.63, 3.8) is 0 Å². The van der Waals surface area contributed by atoms with Gasteiger partial charge in [0, 0.05) is 12.6 Å². The first-order valence-electron chi connectivity index (χ1n) is 6.49. The Morgan fingerprint density at radius 2 is 1.90 bits per heavy atom. The zero-order valence-corrected chi connectivity index (χ0v) is 12.5. The Morgan fingerprint density at radius 1 is 1.30 bits per heavy atom. The molecule has 2 N–H and O–H groups in total. The number of aliphatic hydroxyl groups is 1. The van der Waals surface area contributed by atoms with Crippen LogP contribution < -0.4 is 4.72 Å². The average Bonchev–Trinajstić information content (AvgIpc) is 2.39. The fourth-order valence-corrected chi connectivity index (χ4v) is 3.23. The molecule has 0 aromatic heterocycles. The number of nitriles is 1. The van der Waals surface area contributed by atoms with Crippen LogP contribution >= 0.6 is 0 Å². The predicted molar refractivity (Wildman–Crippen MR) is 76.4 cm³/mol. The van der Waals surface area contributed by atoms with Gasteiger partial charge in [0.05, 0.1) is 17.4 Å². The van der Waals surface area contributed by atoms with Gasteiger partial charge in [0.15, 0.2) is 0 Å². The van der Waals surface area contributed by atoms with Gasteiger partial charge in [-0.15, -0.1) is 0 Å². The second-order valence-corrected chi connectivity index (χ2v) is 6.68. The second-order valence-electron chi connectivity index (χ2n) is 4.96. The van der Waals surface area contributed by atoms with Crippen LogP contribution in [0.15, 0.2) is 29.2 Å². The maximum Gasteiger partial charge on any atom is 0.240 e. The lowest BCUT2D eigenvalue weighted by atomic mass is 10.0. The normalized spacial score (nSPS) is 13.2. The Balaban J connectivity index is 2.90. The summed E-state index contributed by atoms with van der Waals surface area (Å²) in [5.41, 5.74) is 0.780. The van der Waals surface area contributed by atoms with Gasteiger partial charge in [-0.1, -0.05) is 26.0 Å². The Bertz CT molecular complexity index is 559. The van der Waals surface area contributed by atoms with E-state index in [1.807, 2.05) is 19.9 Å². The second kappa shape index (κ2) is 7.39. The highest BCUT2D eigenvalue weighted by atomic mass is 32.2. The van der Waals surface area contributed by atoms with Crippen molar-refractivity contribution in [2.45, 2.75) is 37.6 Å². The highest BCUT2D eigenvalue weighted by Gasteiger charge is 2.21. The highest BCUT2D eigenvalue weighted by molar-refractivity contribution is 7.89. The molecule has 20 heavy (non-hydrogen) atoms. The summed E-state index contributed by atoms with van der Waals surface area (Å²) in [4.78, 5) is 0.169. The quantitative estimate of drug-likeness (QED) is 0.796. The predicted octanol–water partition coefficient (Wildman–Crippen LogP) is 1.44. The van der Waals surface area contributed by atoms with Crippen LogP contribution in [0.5, 0.6) is 0 Å². The summed E-state index contributed by atoms with van der Waals surface area (Å²) in [5, 5.41) is 17.6. The van der Waals surface area contributed by atoms with Crippen LogP contribution in [0.4, 0.5) is 0 Å². The molecule has 6 heteroatoms. The van der Waals surface area contributed by atoms with Gasteiger partial charge in [0.25, 0.3) is 0 Å². The summed E-state index contributed by atoms with van der Waals surface area (Å²) in [7, 11) is -3.60. The highest BCUT2D eigenvalue weighted by Crippen LogP contribution is 2.14. The van der Waals surface area contributed by atoms with Gasteiger partial charge >= 0.3 is 0 Å². The third-order valence-corrected chi connectivity index (χ3v) is 4.57. The van der Waals surface area contributed by atoms with E-state index in [2.05, 4.69) is 4.72 Å². The van der Waals surface area contributed by atoms with Crippen LogP contribution in [0.2, 0.25) is 0 Å². The van der Waals surface area contributed by atoms with Gasteiger partial charge in [0.2, 0.25) is 10.0 Å². The number of nitrogens with zero attached hydrogens (tertiary/aromatic N) is 1. The van der Waals surface area contributed by atoms with Crippen LogP contribution in [-0.4, -0.2) is 26.2 Å². The third-order valence-electron chi connectivity index (χ3n) is 3.07. The number of rotatable bonds is 7. The standard InChI is InChI=1S/C14H20N2O3S/c1-11(2)14(8-10-17)16-20(18,19)13-5-3-12(4-6-13)7-9-15/h3-6,11,14,16-17H,7-8,10H2,1-2H3. The molecular formula is C14H20N2O3S. The van der Waals surface area contributed by atoms with E-state index in [0.717, 1.165) is 5.56 Å². The molecule has 1 rings (SSSR count). The van der Waals surface area contributed by atoms with E-state index in [0.29, 0.717) is 6.42 Å². The van der Waals surface area contributed by atoms with Crippen LogP contribution in [0, 0.1) is 17.2 Å². The molecule has 1 atom stereocenters.